The summed E-state index contributed by atoms with van der Waals surface area (Å²) >= 11 is 1.26. The molecule has 2 heterocycles. The molecule has 0 radical (unpaired) electrons. The highest BCUT2D eigenvalue weighted by molar-refractivity contribution is 7.17. The Hall–Kier alpha value is -3.65. The number of rotatable bonds is 7. The molecule has 0 aliphatic rings. The number of hydrogen-bond acceptors (Lipinski definition) is 5. The number of aromatic nitrogens is 2. The van der Waals surface area contributed by atoms with Gasteiger partial charge in [-0.3, -0.25) is 18.7 Å². The van der Waals surface area contributed by atoms with E-state index in [2.05, 4.69) is 5.32 Å². The minimum Gasteiger partial charge on any atom is -0.494 e. The number of thiophene rings is 1. The Bertz CT molecular complexity index is 1430. The van der Waals surface area contributed by atoms with E-state index in [1.54, 1.807) is 11.4 Å². The van der Waals surface area contributed by atoms with Crippen LogP contribution in [0.25, 0.3) is 10.2 Å². The molecule has 8 heteroatoms. The van der Waals surface area contributed by atoms with E-state index in [4.69, 9.17) is 4.74 Å². The summed E-state index contributed by atoms with van der Waals surface area (Å²) in [6.45, 7) is 6.14. The van der Waals surface area contributed by atoms with Gasteiger partial charge in [0.15, 0.2) is 0 Å². The SMILES string of the molecule is CCOc1cccc(Cn2c(=O)c3sccc3n(CC(=O)Nc3c(C)cccc3C)c2=O)c1. The first-order valence-electron chi connectivity index (χ1n) is 10.7. The van der Waals surface area contributed by atoms with E-state index in [1.807, 2.05) is 63.2 Å². The van der Waals surface area contributed by atoms with Crippen LogP contribution in [0.3, 0.4) is 0 Å². The van der Waals surface area contributed by atoms with Crippen molar-refractivity contribution in [3.8, 4) is 5.75 Å². The molecular formula is C25H25N3O4S. The van der Waals surface area contributed by atoms with Gasteiger partial charge in [-0.2, -0.15) is 0 Å². The van der Waals surface area contributed by atoms with Crippen LogP contribution < -0.4 is 21.3 Å². The fourth-order valence-corrected chi connectivity index (χ4v) is 4.69. The van der Waals surface area contributed by atoms with E-state index < -0.39 is 5.69 Å². The number of amides is 1. The summed E-state index contributed by atoms with van der Waals surface area (Å²) in [5.74, 6) is 0.346. The molecule has 7 nitrogen and oxygen atoms in total. The van der Waals surface area contributed by atoms with Crippen LogP contribution in [0, 0.1) is 13.8 Å². The maximum Gasteiger partial charge on any atom is 0.332 e. The molecular weight excluding hydrogens is 438 g/mol. The summed E-state index contributed by atoms with van der Waals surface area (Å²) in [5.41, 5.74) is 2.96. The standard InChI is InChI=1S/C25H25N3O4S/c1-4-32-19-10-6-9-18(13-19)14-28-24(30)23-20(11-12-33-23)27(25(28)31)15-21(29)26-22-16(2)7-5-8-17(22)3/h5-13H,4,14-15H2,1-3H3,(H,26,29). The Kier molecular flexibility index (Phi) is 6.46. The first-order valence-corrected chi connectivity index (χ1v) is 11.6. The number of nitrogens with one attached hydrogen (secondary N) is 1. The molecule has 33 heavy (non-hydrogen) atoms. The van der Waals surface area contributed by atoms with Gasteiger partial charge in [0.1, 0.15) is 17.0 Å². The lowest BCUT2D eigenvalue weighted by Crippen LogP contribution is -2.41. The molecule has 0 atom stereocenters. The molecule has 1 N–H and O–H groups in total. The molecule has 0 aliphatic carbocycles. The second-order valence-electron chi connectivity index (χ2n) is 7.79. The number of carbonyl (C=O) groups is 1. The second-order valence-corrected chi connectivity index (χ2v) is 8.71. The Morgan fingerprint density at radius 2 is 1.76 bits per heavy atom. The number of hydrogen-bond donors (Lipinski definition) is 1. The maximum atomic E-state index is 13.4. The third-order valence-electron chi connectivity index (χ3n) is 5.43. The largest absolute Gasteiger partial charge is 0.494 e. The number of nitrogens with zero attached hydrogens (tertiary/aromatic N) is 2. The molecule has 0 saturated carbocycles. The zero-order chi connectivity index (χ0) is 23.5. The van der Waals surface area contributed by atoms with Crippen LogP contribution in [0.15, 0.2) is 63.5 Å². The average Bonchev–Trinajstić information content (AvgIpc) is 3.27. The third kappa shape index (κ3) is 4.61. The summed E-state index contributed by atoms with van der Waals surface area (Å²) in [6.07, 6.45) is 0. The van der Waals surface area contributed by atoms with Gasteiger partial charge in [0, 0.05) is 5.69 Å². The van der Waals surface area contributed by atoms with Crippen molar-refractivity contribution < 1.29 is 9.53 Å². The van der Waals surface area contributed by atoms with Crippen molar-refractivity contribution in [2.45, 2.75) is 33.9 Å². The minimum absolute atomic E-state index is 0.0882. The molecule has 0 spiro atoms. The third-order valence-corrected chi connectivity index (χ3v) is 6.33. The molecule has 0 fully saturated rings. The van der Waals surface area contributed by atoms with Gasteiger partial charge in [0.05, 0.1) is 18.7 Å². The highest BCUT2D eigenvalue weighted by Crippen LogP contribution is 2.20. The van der Waals surface area contributed by atoms with E-state index in [9.17, 15) is 14.4 Å². The highest BCUT2D eigenvalue weighted by atomic mass is 32.1. The smallest absolute Gasteiger partial charge is 0.332 e. The fourth-order valence-electron chi connectivity index (χ4n) is 3.84. The summed E-state index contributed by atoms with van der Waals surface area (Å²) in [5, 5.41) is 4.67. The molecule has 4 aromatic rings. The molecule has 0 saturated heterocycles. The topological polar surface area (TPSA) is 82.3 Å². The quantitative estimate of drug-likeness (QED) is 0.450. The Morgan fingerprint density at radius 3 is 2.48 bits per heavy atom. The van der Waals surface area contributed by atoms with Gasteiger partial charge in [0.2, 0.25) is 5.91 Å². The number of benzene rings is 2. The van der Waals surface area contributed by atoms with Gasteiger partial charge in [-0.15, -0.1) is 11.3 Å². The first kappa shape index (κ1) is 22.5. The van der Waals surface area contributed by atoms with Crippen LogP contribution in [0.5, 0.6) is 5.75 Å². The van der Waals surface area contributed by atoms with E-state index in [-0.39, 0.29) is 24.6 Å². The van der Waals surface area contributed by atoms with Crippen molar-refractivity contribution in [1.82, 2.24) is 9.13 Å². The summed E-state index contributed by atoms with van der Waals surface area (Å²) in [6, 6.07) is 14.8. The number of ether oxygens (including phenoxy) is 1. The highest BCUT2D eigenvalue weighted by Gasteiger charge is 2.17. The second kappa shape index (κ2) is 9.46. The summed E-state index contributed by atoms with van der Waals surface area (Å²) in [4.78, 5) is 39.3. The summed E-state index contributed by atoms with van der Waals surface area (Å²) in [7, 11) is 0. The predicted octanol–water partition coefficient (Wildman–Crippen LogP) is 3.93. The van der Waals surface area contributed by atoms with Gasteiger partial charge >= 0.3 is 5.69 Å². The predicted molar refractivity (Wildman–Crippen MR) is 132 cm³/mol. The molecule has 4 rings (SSSR count). The van der Waals surface area contributed by atoms with Crippen molar-refractivity contribution in [3.05, 3.63) is 91.4 Å². The molecule has 170 valence electrons. The van der Waals surface area contributed by atoms with Crippen LogP contribution >= 0.6 is 11.3 Å². The van der Waals surface area contributed by atoms with Crippen LogP contribution in [0.1, 0.15) is 23.6 Å². The molecule has 0 aliphatic heterocycles. The van der Waals surface area contributed by atoms with Gasteiger partial charge < -0.3 is 10.1 Å². The Balaban J connectivity index is 1.71. The maximum absolute atomic E-state index is 13.4. The van der Waals surface area contributed by atoms with Crippen molar-refractivity contribution in [2.24, 2.45) is 0 Å². The molecule has 2 aromatic heterocycles. The zero-order valence-electron chi connectivity index (χ0n) is 18.8. The molecule has 0 bridgehead atoms. The average molecular weight is 464 g/mol. The number of anilines is 1. The van der Waals surface area contributed by atoms with Crippen molar-refractivity contribution >= 4 is 33.1 Å². The Morgan fingerprint density at radius 1 is 1.03 bits per heavy atom. The number of fused-ring (bicyclic) bond motifs is 1. The Labute approximate surface area is 194 Å². The van der Waals surface area contributed by atoms with E-state index in [0.29, 0.717) is 22.6 Å². The van der Waals surface area contributed by atoms with E-state index in [1.165, 1.54) is 20.5 Å². The van der Waals surface area contributed by atoms with Crippen LogP contribution in [0.2, 0.25) is 0 Å². The number of aryl methyl sites for hydroxylation is 2. The van der Waals surface area contributed by atoms with Crippen molar-refractivity contribution in [3.63, 3.8) is 0 Å². The van der Waals surface area contributed by atoms with Crippen molar-refractivity contribution in [2.75, 3.05) is 11.9 Å². The van der Waals surface area contributed by atoms with Gasteiger partial charge in [-0.05, 0) is 61.0 Å². The molecule has 0 unspecified atom stereocenters. The molecule has 1 amide bonds. The lowest BCUT2D eigenvalue weighted by Gasteiger charge is -2.15. The lowest BCUT2D eigenvalue weighted by molar-refractivity contribution is -0.116. The van der Waals surface area contributed by atoms with Gasteiger partial charge in [-0.1, -0.05) is 30.3 Å². The number of para-hydroxylation sites is 1. The zero-order valence-corrected chi connectivity index (χ0v) is 19.6. The monoisotopic (exact) mass is 463 g/mol. The normalized spacial score (nSPS) is 11.0. The molecule has 2 aromatic carbocycles. The van der Waals surface area contributed by atoms with Crippen LogP contribution in [0.4, 0.5) is 5.69 Å². The number of carbonyl (C=O) groups excluding carboxylic acids is 1. The minimum atomic E-state index is -0.524. The van der Waals surface area contributed by atoms with E-state index in [0.717, 1.165) is 22.4 Å². The van der Waals surface area contributed by atoms with Gasteiger partial charge in [-0.25, -0.2) is 4.79 Å². The van der Waals surface area contributed by atoms with Crippen LogP contribution in [-0.2, 0) is 17.9 Å². The fraction of sp³-hybridized carbons (Fsp3) is 0.240. The van der Waals surface area contributed by atoms with Gasteiger partial charge in [0.25, 0.3) is 5.56 Å². The lowest BCUT2D eigenvalue weighted by atomic mass is 10.1. The summed E-state index contributed by atoms with van der Waals surface area (Å²) < 4.78 is 8.51. The van der Waals surface area contributed by atoms with E-state index >= 15 is 0 Å². The van der Waals surface area contributed by atoms with Crippen molar-refractivity contribution in [1.29, 1.82) is 0 Å². The van der Waals surface area contributed by atoms with Crippen LogP contribution in [-0.4, -0.2) is 21.6 Å². The first-order chi connectivity index (χ1) is 15.9.